The summed E-state index contributed by atoms with van der Waals surface area (Å²) in [4.78, 5) is 22.7. The Balaban J connectivity index is 2.46. The molecule has 1 saturated carbocycles. The largest absolute Gasteiger partial charge is 0.370 e. The van der Waals surface area contributed by atoms with E-state index in [4.69, 9.17) is 5.73 Å². The molecule has 5 nitrogen and oxygen atoms in total. The molecule has 0 bridgehead atoms. The number of nitrogens with two attached hydrogens (primary N) is 1. The number of amides is 2. The Morgan fingerprint density at radius 3 is 2.33 bits per heavy atom. The molecular formula is C13H21N3O2. The standard InChI is InChI=1S/C13H21N3O2/c14-10-13(7-3-1-2-4-8-13)12(18)16-9-5-6-11(15)17/h1-9H2,(H2,15,17)(H,16,18). The molecule has 0 atom stereocenters. The SMILES string of the molecule is N#CC1(C(=O)NCCCC(N)=O)CCCCCC1. The molecular weight excluding hydrogens is 230 g/mol. The third-order valence-electron chi connectivity index (χ3n) is 3.49. The van der Waals surface area contributed by atoms with Crippen LogP contribution in [0.1, 0.15) is 51.4 Å². The summed E-state index contributed by atoms with van der Waals surface area (Å²) in [6.45, 7) is 0.408. The molecule has 0 aromatic heterocycles. The van der Waals surface area contributed by atoms with E-state index in [0.717, 1.165) is 25.7 Å². The fraction of sp³-hybridized carbons (Fsp3) is 0.769. The molecule has 18 heavy (non-hydrogen) atoms. The fourth-order valence-electron chi connectivity index (χ4n) is 2.36. The Morgan fingerprint density at radius 2 is 1.83 bits per heavy atom. The zero-order valence-electron chi connectivity index (χ0n) is 10.7. The topological polar surface area (TPSA) is 96.0 Å². The Bertz CT molecular complexity index is 339. The smallest absolute Gasteiger partial charge is 0.240 e. The predicted octanol–water partition coefficient (Wildman–Crippen LogP) is 1.23. The van der Waals surface area contributed by atoms with E-state index in [2.05, 4.69) is 11.4 Å². The summed E-state index contributed by atoms with van der Waals surface area (Å²) < 4.78 is 0. The summed E-state index contributed by atoms with van der Waals surface area (Å²) in [5.41, 5.74) is 4.16. The van der Waals surface area contributed by atoms with Crippen molar-refractivity contribution >= 4 is 11.8 Å². The van der Waals surface area contributed by atoms with E-state index in [1.807, 2.05) is 0 Å². The maximum Gasteiger partial charge on any atom is 0.240 e. The summed E-state index contributed by atoms with van der Waals surface area (Å²) in [7, 11) is 0. The van der Waals surface area contributed by atoms with Crippen LogP contribution >= 0.6 is 0 Å². The molecule has 0 unspecified atom stereocenters. The maximum absolute atomic E-state index is 12.1. The second-order valence-corrected chi connectivity index (χ2v) is 4.93. The number of carbonyl (C=O) groups is 2. The Morgan fingerprint density at radius 1 is 1.22 bits per heavy atom. The first-order valence-electron chi connectivity index (χ1n) is 6.58. The van der Waals surface area contributed by atoms with E-state index < -0.39 is 5.41 Å². The molecule has 0 aromatic rings. The van der Waals surface area contributed by atoms with Gasteiger partial charge in [0, 0.05) is 13.0 Å². The van der Waals surface area contributed by atoms with Crippen molar-refractivity contribution < 1.29 is 9.59 Å². The van der Waals surface area contributed by atoms with E-state index in [1.54, 1.807) is 0 Å². The van der Waals surface area contributed by atoms with Gasteiger partial charge in [0.2, 0.25) is 11.8 Å². The molecule has 2 amide bonds. The van der Waals surface area contributed by atoms with Crippen molar-refractivity contribution in [3.8, 4) is 6.07 Å². The van der Waals surface area contributed by atoms with Gasteiger partial charge in [-0.25, -0.2) is 0 Å². The molecule has 1 rings (SSSR count). The highest BCUT2D eigenvalue weighted by molar-refractivity contribution is 5.85. The van der Waals surface area contributed by atoms with Crippen LogP contribution in [-0.2, 0) is 9.59 Å². The molecule has 0 spiro atoms. The number of carbonyl (C=O) groups excluding carboxylic acids is 2. The van der Waals surface area contributed by atoms with Gasteiger partial charge in [-0.3, -0.25) is 9.59 Å². The van der Waals surface area contributed by atoms with Gasteiger partial charge in [0.15, 0.2) is 0 Å². The van der Waals surface area contributed by atoms with Gasteiger partial charge >= 0.3 is 0 Å². The monoisotopic (exact) mass is 251 g/mol. The van der Waals surface area contributed by atoms with Crippen molar-refractivity contribution in [1.82, 2.24) is 5.32 Å². The lowest BCUT2D eigenvalue weighted by Crippen LogP contribution is -2.40. The van der Waals surface area contributed by atoms with E-state index in [-0.39, 0.29) is 18.2 Å². The normalized spacial score (nSPS) is 18.4. The summed E-state index contributed by atoms with van der Waals surface area (Å²) in [6, 6.07) is 2.20. The molecule has 0 heterocycles. The molecule has 1 aliphatic carbocycles. The van der Waals surface area contributed by atoms with Gasteiger partial charge < -0.3 is 11.1 Å². The molecule has 1 fully saturated rings. The molecule has 1 aliphatic rings. The third kappa shape index (κ3) is 4.02. The molecule has 100 valence electrons. The average Bonchev–Trinajstić information content (AvgIpc) is 2.60. The molecule has 5 heteroatoms. The van der Waals surface area contributed by atoms with Gasteiger partial charge in [-0.05, 0) is 19.3 Å². The van der Waals surface area contributed by atoms with Crippen molar-refractivity contribution in [2.75, 3.05) is 6.54 Å². The van der Waals surface area contributed by atoms with Crippen molar-refractivity contribution in [2.45, 2.75) is 51.4 Å². The zero-order chi connectivity index (χ0) is 13.4. The number of primary amides is 1. The molecule has 0 radical (unpaired) electrons. The summed E-state index contributed by atoms with van der Waals surface area (Å²) in [5.74, 6) is -0.551. The quantitative estimate of drug-likeness (QED) is 0.568. The lowest BCUT2D eigenvalue weighted by atomic mass is 9.81. The van der Waals surface area contributed by atoms with E-state index >= 15 is 0 Å². The van der Waals surface area contributed by atoms with Crippen LogP contribution < -0.4 is 11.1 Å². The first-order chi connectivity index (χ1) is 8.60. The molecule has 0 aromatic carbocycles. The molecule has 3 N–H and O–H groups in total. The van der Waals surface area contributed by atoms with Gasteiger partial charge in [0.05, 0.1) is 6.07 Å². The van der Waals surface area contributed by atoms with Gasteiger partial charge in [0.1, 0.15) is 5.41 Å². The first kappa shape index (κ1) is 14.5. The fourth-order valence-corrected chi connectivity index (χ4v) is 2.36. The Hall–Kier alpha value is -1.57. The Kier molecular flexibility index (Phi) is 5.63. The number of nitriles is 1. The van der Waals surface area contributed by atoms with Crippen LogP contribution in [0.4, 0.5) is 0 Å². The van der Waals surface area contributed by atoms with Gasteiger partial charge in [-0.15, -0.1) is 0 Å². The number of hydrogen-bond donors (Lipinski definition) is 2. The van der Waals surface area contributed by atoms with Gasteiger partial charge in [0.25, 0.3) is 0 Å². The lowest BCUT2D eigenvalue weighted by molar-refractivity contribution is -0.129. The second kappa shape index (κ2) is 7.00. The van der Waals surface area contributed by atoms with E-state index in [0.29, 0.717) is 25.8 Å². The van der Waals surface area contributed by atoms with Crippen molar-refractivity contribution in [3.63, 3.8) is 0 Å². The van der Waals surface area contributed by atoms with E-state index in [1.165, 1.54) is 0 Å². The molecule has 0 aliphatic heterocycles. The van der Waals surface area contributed by atoms with Crippen molar-refractivity contribution in [3.05, 3.63) is 0 Å². The van der Waals surface area contributed by atoms with Crippen molar-refractivity contribution in [1.29, 1.82) is 5.26 Å². The first-order valence-corrected chi connectivity index (χ1v) is 6.58. The summed E-state index contributed by atoms with van der Waals surface area (Å²) in [5, 5.41) is 12.1. The van der Waals surface area contributed by atoms with Crippen LogP contribution in [0, 0.1) is 16.7 Å². The van der Waals surface area contributed by atoms with Crippen LogP contribution in [0.25, 0.3) is 0 Å². The highest BCUT2D eigenvalue weighted by Crippen LogP contribution is 2.34. The second-order valence-electron chi connectivity index (χ2n) is 4.93. The van der Waals surface area contributed by atoms with Crippen LogP contribution in [0.15, 0.2) is 0 Å². The minimum atomic E-state index is -0.858. The average molecular weight is 251 g/mol. The number of nitrogens with one attached hydrogen (secondary N) is 1. The third-order valence-corrected chi connectivity index (χ3v) is 3.49. The van der Waals surface area contributed by atoms with Crippen LogP contribution in [-0.4, -0.2) is 18.4 Å². The highest BCUT2D eigenvalue weighted by Gasteiger charge is 2.38. The van der Waals surface area contributed by atoms with Crippen LogP contribution in [0.3, 0.4) is 0 Å². The lowest BCUT2D eigenvalue weighted by Gasteiger charge is -2.23. The highest BCUT2D eigenvalue weighted by atomic mass is 16.2. The van der Waals surface area contributed by atoms with E-state index in [9.17, 15) is 14.9 Å². The predicted molar refractivity (Wildman–Crippen MR) is 67.2 cm³/mol. The minimum absolute atomic E-state index is 0.184. The van der Waals surface area contributed by atoms with Crippen LogP contribution in [0.2, 0.25) is 0 Å². The number of nitrogens with zero attached hydrogens (tertiary/aromatic N) is 1. The minimum Gasteiger partial charge on any atom is -0.370 e. The number of hydrogen-bond acceptors (Lipinski definition) is 3. The van der Waals surface area contributed by atoms with Crippen molar-refractivity contribution in [2.24, 2.45) is 11.1 Å². The van der Waals surface area contributed by atoms with Gasteiger partial charge in [-0.2, -0.15) is 5.26 Å². The zero-order valence-corrected chi connectivity index (χ0v) is 10.7. The Labute approximate surface area is 108 Å². The summed E-state index contributed by atoms with van der Waals surface area (Å²) in [6.07, 6.45) is 6.14. The number of rotatable bonds is 5. The summed E-state index contributed by atoms with van der Waals surface area (Å²) >= 11 is 0. The van der Waals surface area contributed by atoms with Gasteiger partial charge in [-0.1, -0.05) is 25.7 Å². The molecule has 0 saturated heterocycles. The van der Waals surface area contributed by atoms with Crippen LogP contribution in [0.5, 0.6) is 0 Å². The maximum atomic E-state index is 12.1.